The summed E-state index contributed by atoms with van der Waals surface area (Å²) in [6.07, 6.45) is 3.72. The minimum absolute atomic E-state index is 0.331. The molecule has 2 aromatic carbocycles. The van der Waals surface area contributed by atoms with Gasteiger partial charge in [-0.1, -0.05) is 55.3 Å². The highest BCUT2D eigenvalue weighted by Gasteiger charge is 2.05. The third-order valence-corrected chi connectivity index (χ3v) is 3.73. The third kappa shape index (κ3) is 4.12. The summed E-state index contributed by atoms with van der Waals surface area (Å²) in [6, 6.07) is 17.9. The normalized spacial score (nSPS) is 12.2. The minimum atomic E-state index is 0.331. The first-order chi connectivity index (χ1) is 9.69. The summed E-state index contributed by atoms with van der Waals surface area (Å²) in [5.41, 5.74) is 5.26. The van der Waals surface area contributed by atoms with Crippen molar-refractivity contribution in [2.75, 3.05) is 5.32 Å². The zero-order valence-electron chi connectivity index (χ0n) is 12.8. The van der Waals surface area contributed by atoms with E-state index in [-0.39, 0.29) is 0 Å². The van der Waals surface area contributed by atoms with Crippen molar-refractivity contribution in [2.45, 2.75) is 46.1 Å². The lowest BCUT2D eigenvalue weighted by molar-refractivity contribution is 0.793. The van der Waals surface area contributed by atoms with E-state index in [0.29, 0.717) is 6.04 Å². The maximum atomic E-state index is 3.55. The van der Waals surface area contributed by atoms with Crippen LogP contribution in [0, 0.1) is 6.92 Å². The van der Waals surface area contributed by atoms with Crippen molar-refractivity contribution in [1.29, 1.82) is 0 Å². The molecule has 1 unspecified atom stereocenters. The fourth-order valence-corrected chi connectivity index (χ4v) is 2.34. The first kappa shape index (κ1) is 14.6. The van der Waals surface area contributed by atoms with Crippen LogP contribution in [-0.4, -0.2) is 0 Å². The van der Waals surface area contributed by atoms with Gasteiger partial charge in [-0.3, -0.25) is 0 Å². The molecule has 0 saturated heterocycles. The number of anilines is 1. The number of rotatable bonds is 6. The van der Waals surface area contributed by atoms with Gasteiger partial charge in [0.1, 0.15) is 0 Å². The molecule has 0 aliphatic heterocycles. The molecule has 0 fully saturated rings. The van der Waals surface area contributed by atoms with E-state index in [9.17, 15) is 0 Å². The van der Waals surface area contributed by atoms with Crippen molar-refractivity contribution >= 4 is 5.69 Å². The molecule has 0 heterocycles. The van der Waals surface area contributed by atoms with Gasteiger partial charge in [-0.05, 0) is 49.9 Å². The van der Waals surface area contributed by atoms with Gasteiger partial charge in [0.25, 0.3) is 0 Å². The lowest BCUT2D eigenvalue weighted by Gasteiger charge is -2.16. The largest absolute Gasteiger partial charge is 0.379 e. The Morgan fingerprint density at radius 2 is 1.60 bits per heavy atom. The summed E-state index contributed by atoms with van der Waals surface area (Å²) in [5, 5.41) is 3.55. The average molecular weight is 267 g/mol. The molecular weight excluding hydrogens is 242 g/mol. The molecule has 1 nitrogen and oxygen atoms in total. The Kier molecular flexibility index (Phi) is 5.23. The lowest BCUT2D eigenvalue weighted by Crippen LogP contribution is -2.06. The van der Waals surface area contributed by atoms with Crippen LogP contribution in [0.4, 0.5) is 5.69 Å². The second-order valence-electron chi connectivity index (χ2n) is 5.58. The van der Waals surface area contributed by atoms with Gasteiger partial charge in [0.15, 0.2) is 0 Å². The summed E-state index contributed by atoms with van der Waals surface area (Å²) in [7, 11) is 0. The predicted molar refractivity (Wildman–Crippen MR) is 88.3 cm³/mol. The molecule has 0 spiro atoms. The van der Waals surface area contributed by atoms with Gasteiger partial charge in [-0.25, -0.2) is 0 Å². The van der Waals surface area contributed by atoms with E-state index < -0.39 is 0 Å². The summed E-state index contributed by atoms with van der Waals surface area (Å²) in [4.78, 5) is 0. The SMILES string of the molecule is CCCCc1ccc(C(C)Nc2ccc(C)cc2)cc1. The van der Waals surface area contributed by atoms with Crippen molar-refractivity contribution < 1.29 is 0 Å². The molecule has 1 atom stereocenters. The van der Waals surface area contributed by atoms with Gasteiger partial charge in [-0.15, -0.1) is 0 Å². The van der Waals surface area contributed by atoms with Crippen LogP contribution in [-0.2, 0) is 6.42 Å². The van der Waals surface area contributed by atoms with Crippen LogP contribution in [0.5, 0.6) is 0 Å². The second kappa shape index (κ2) is 7.14. The van der Waals surface area contributed by atoms with Crippen molar-refractivity contribution in [3.05, 3.63) is 65.2 Å². The monoisotopic (exact) mass is 267 g/mol. The van der Waals surface area contributed by atoms with Gasteiger partial charge in [0.2, 0.25) is 0 Å². The molecule has 0 radical (unpaired) electrons. The molecule has 0 saturated carbocycles. The van der Waals surface area contributed by atoms with E-state index in [0.717, 1.165) is 0 Å². The Balaban J connectivity index is 1.98. The van der Waals surface area contributed by atoms with E-state index in [1.54, 1.807) is 0 Å². The number of hydrogen-bond donors (Lipinski definition) is 1. The van der Waals surface area contributed by atoms with Gasteiger partial charge >= 0.3 is 0 Å². The van der Waals surface area contributed by atoms with Crippen molar-refractivity contribution in [2.24, 2.45) is 0 Å². The molecule has 1 N–H and O–H groups in total. The molecule has 2 aromatic rings. The van der Waals surface area contributed by atoms with Gasteiger partial charge in [0, 0.05) is 11.7 Å². The summed E-state index contributed by atoms with van der Waals surface area (Å²) in [6.45, 7) is 6.56. The van der Waals surface area contributed by atoms with Crippen molar-refractivity contribution in [1.82, 2.24) is 0 Å². The van der Waals surface area contributed by atoms with Crippen LogP contribution in [0.1, 0.15) is 49.4 Å². The number of aryl methyl sites for hydroxylation is 2. The van der Waals surface area contributed by atoms with Crippen LogP contribution in [0.3, 0.4) is 0 Å². The zero-order valence-corrected chi connectivity index (χ0v) is 12.8. The smallest absolute Gasteiger partial charge is 0.0485 e. The summed E-state index contributed by atoms with van der Waals surface area (Å²) >= 11 is 0. The highest BCUT2D eigenvalue weighted by atomic mass is 14.9. The Bertz CT molecular complexity index is 510. The fourth-order valence-electron chi connectivity index (χ4n) is 2.34. The molecule has 0 aliphatic rings. The van der Waals surface area contributed by atoms with E-state index in [4.69, 9.17) is 0 Å². The van der Waals surface area contributed by atoms with E-state index >= 15 is 0 Å². The predicted octanol–water partition coefficient (Wildman–Crippen LogP) is 5.51. The molecule has 0 aromatic heterocycles. The number of benzene rings is 2. The molecule has 0 bridgehead atoms. The quantitative estimate of drug-likeness (QED) is 0.727. The average Bonchev–Trinajstić information content (AvgIpc) is 2.48. The van der Waals surface area contributed by atoms with E-state index in [1.807, 2.05) is 0 Å². The van der Waals surface area contributed by atoms with Gasteiger partial charge in [0.05, 0.1) is 0 Å². The third-order valence-electron chi connectivity index (χ3n) is 3.73. The molecule has 106 valence electrons. The molecule has 0 aliphatic carbocycles. The second-order valence-corrected chi connectivity index (χ2v) is 5.58. The van der Waals surface area contributed by atoms with Crippen LogP contribution in [0.25, 0.3) is 0 Å². The van der Waals surface area contributed by atoms with Crippen LogP contribution in [0.15, 0.2) is 48.5 Å². The van der Waals surface area contributed by atoms with Crippen LogP contribution in [0.2, 0.25) is 0 Å². The van der Waals surface area contributed by atoms with Crippen molar-refractivity contribution in [3.63, 3.8) is 0 Å². The van der Waals surface area contributed by atoms with Crippen LogP contribution >= 0.6 is 0 Å². The zero-order chi connectivity index (χ0) is 14.4. The topological polar surface area (TPSA) is 12.0 Å². The maximum absolute atomic E-state index is 3.55. The number of hydrogen-bond acceptors (Lipinski definition) is 1. The maximum Gasteiger partial charge on any atom is 0.0485 e. The summed E-state index contributed by atoms with van der Waals surface area (Å²) in [5.74, 6) is 0. The Morgan fingerprint density at radius 3 is 2.20 bits per heavy atom. The highest BCUT2D eigenvalue weighted by Crippen LogP contribution is 2.20. The van der Waals surface area contributed by atoms with Crippen molar-refractivity contribution in [3.8, 4) is 0 Å². The van der Waals surface area contributed by atoms with Gasteiger partial charge < -0.3 is 5.32 Å². The number of nitrogens with one attached hydrogen (secondary N) is 1. The molecule has 0 amide bonds. The minimum Gasteiger partial charge on any atom is -0.379 e. The molecule has 20 heavy (non-hydrogen) atoms. The molecular formula is C19H25N. The Morgan fingerprint density at radius 1 is 0.950 bits per heavy atom. The lowest BCUT2D eigenvalue weighted by atomic mass is 10.0. The first-order valence-corrected chi connectivity index (χ1v) is 7.61. The molecule has 1 heteroatoms. The Hall–Kier alpha value is -1.76. The van der Waals surface area contributed by atoms with Gasteiger partial charge in [-0.2, -0.15) is 0 Å². The number of unbranched alkanes of at least 4 members (excludes halogenated alkanes) is 1. The van der Waals surface area contributed by atoms with Crippen LogP contribution < -0.4 is 5.32 Å². The first-order valence-electron chi connectivity index (χ1n) is 7.61. The molecule has 2 rings (SSSR count). The van der Waals surface area contributed by atoms with E-state index in [1.165, 1.54) is 41.6 Å². The summed E-state index contributed by atoms with van der Waals surface area (Å²) < 4.78 is 0. The van der Waals surface area contributed by atoms with E-state index in [2.05, 4.69) is 74.6 Å². The Labute approximate surface area is 123 Å². The standard InChI is InChI=1S/C19H25N/c1-4-5-6-17-9-11-18(12-10-17)16(3)20-19-13-7-15(2)8-14-19/h7-14,16,20H,4-6H2,1-3H3. The fraction of sp³-hybridized carbons (Fsp3) is 0.368. The highest BCUT2D eigenvalue weighted by molar-refractivity contribution is 5.46.